The Kier molecular flexibility index (Phi) is 6.82. The molecular weight excluding hydrogens is 519 g/mol. The summed E-state index contributed by atoms with van der Waals surface area (Å²) >= 11 is 0. The largest absolute Gasteiger partial charge is 0.416 e. The van der Waals surface area contributed by atoms with Crippen molar-refractivity contribution >= 4 is 33.1 Å². The molecule has 0 fully saturated rings. The van der Waals surface area contributed by atoms with Crippen LogP contribution in [0.1, 0.15) is 68.5 Å². The Morgan fingerprint density at radius 2 is 1.34 bits per heavy atom. The van der Waals surface area contributed by atoms with Gasteiger partial charge in [-0.1, -0.05) is 30.3 Å². The number of rotatable bonds is 6. The maximum Gasteiger partial charge on any atom is 0.416 e. The van der Waals surface area contributed by atoms with Gasteiger partial charge in [-0.25, -0.2) is 13.3 Å². The van der Waals surface area contributed by atoms with Crippen LogP contribution in [0.2, 0.25) is 0 Å². The highest BCUT2D eigenvalue weighted by Crippen LogP contribution is 2.33. The zero-order chi connectivity index (χ0) is 28.0. The Hall–Kier alpha value is -3.79. The van der Waals surface area contributed by atoms with E-state index in [1.165, 1.54) is 12.1 Å². The molecule has 0 aliphatic carbocycles. The van der Waals surface area contributed by atoms with Gasteiger partial charge < -0.3 is 0 Å². The van der Waals surface area contributed by atoms with Gasteiger partial charge in [0.15, 0.2) is 15.6 Å². The summed E-state index contributed by atoms with van der Waals surface area (Å²) in [4.78, 5) is 39.4. The molecule has 4 rings (SSSR count). The summed E-state index contributed by atoms with van der Waals surface area (Å²) in [5, 5.41) is 0. The number of imide groups is 1. The van der Waals surface area contributed by atoms with Crippen LogP contribution in [0.3, 0.4) is 0 Å². The molecule has 3 aromatic rings. The Morgan fingerprint density at radius 3 is 1.89 bits per heavy atom. The molecule has 1 heterocycles. The second-order valence-electron chi connectivity index (χ2n) is 10.0. The number of halogens is 3. The SMILES string of the molecule is CC(C)(C)S(=O)(=O)Cc1ccc(C(=O)Cc2ccc3c(c2)C(=O)N(c2ccc(C(F)(F)F)cc2)C3=O)cc1. The van der Waals surface area contributed by atoms with Crippen molar-refractivity contribution in [1.82, 2.24) is 0 Å². The van der Waals surface area contributed by atoms with E-state index in [4.69, 9.17) is 0 Å². The van der Waals surface area contributed by atoms with Crippen molar-refractivity contribution in [1.29, 1.82) is 0 Å². The average molecular weight is 544 g/mol. The molecule has 3 aromatic carbocycles. The highest BCUT2D eigenvalue weighted by atomic mass is 32.2. The lowest BCUT2D eigenvalue weighted by Gasteiger charge is -2.19. The quantitative estimate of drug-likeness (QED) is 0.296. The van der Waals surface area contributed by atoms with E-state index >= 15 is 0 Å². The molecule has 0 aromatic heterocycles. The molecule has 1 aliphatic rings. The van der Waals surface area contributed by atoms with E-state index in [9.17, 15) is 36.0 Å². The van der Waals surface area contributed by atoms with E-state index in [1.807, 2.05) is 0 Å². The number of amides is 2. The Morgan fingerprint density at radius 1 is 0.789 bits per heavy atom. The summed E-state index contributed by atoms with van der Waals surface area (Å²) in [5.74, 6) is -1.78. The van der Waals surface area contributed by atoms with Gasteiger partial charge in [0.25, 0.3) is 11.8 Å². The molecule has 0 saturated heterocycles. The van der Waals surface area contributed by atoms with Crippen LogP contribution in [0.15, 0.2) is 66.7 Å². The van der Waals surface area contributed by atoms with Crippen molar-refractivity contribution in [2.45, 2.75) is 43.9 Å². The maximum absolute atomic E-state index is 13.0. The van der Waals surface area contributed by atoms with Crippen LogP contribution >= 0.6 is 0 Å². The van der Waals surface area contributed by atoms with Gasteiger partial charge in [0.05, 0.1) is 32.9 Å². The first-order valence-corrected chi connectivity index (χ1v) is 13.3. The molecule has 1 aliphatic heterocycles. The molecule has 6 nitrogen and oxygen atoms in total. The Bertz CT molecular complexity index is 1540. The Balaban J connectivity index is 1.50. The van der Waals surface area contributed by atoms with Crippen LogP contribution in [0.25, 0.3) is 0 Å². The van der Waals surface area contributed by atoms with E-state index < -0.39 is 38.1 Å². The molecule has 10 heteroatoms. The third kappa shape index (κ3) is 5.26. The van der Waals surface area contributed by atoms with Gasteiger partial charge in [-0.2, -0.15) is 13.2 Å². The number of hydrogen-bond acceptors (Lipinski definition) is 5. The first kappa shape index (κ1) is 27.3. The number of sulfone groups is 1. The van der Waals surface area contributed by atoms with Gasteiger partial charge in [0.2, 0.25) is 0 Å². The minimum atomic E-state index is -4.55. The minimum absolute atomic E-state index is 0.00962. The van der Waals surface area contributed by atoms with Gasteiger partial charge >= 0.3 is 6.18 Å². The van der Waals surface area contributed by atoms with Gasteiger partial charge in [-0.3, -0.25) is 14.4 Å². The highest BCUT2D eigenvalue weighted by molar-refractivity contribution is 7.91. The van der Waals surface area contributed by atoms with E-state index in [0.29, 0.717) is 16.7 Å². The van der Waals surface area contributed by atoms with Crippen LogP contribution in [0, 0.1) is 0 Å². The van der Waals surface area contributed by atoms with E-state index in [1.54, 1.807) is 51.1 Å². The van der Waals surface area contributed by atoms with Crippen LogP contribution in [-0.4, -0.2) is 30.8 Å². The molecule has 0 radical (unpaired) electrons. The zero-order valence-corrected chi connectivity index (χ0v) is 21.6. The normalized spacial score (nSPS) is 14.1. The molecule has 0 unspecified atom stereocenters. The lowest BCUT2D eigenvalue weighted by Crippen LogP contribution is -2.29. The third-order valence-corrected chi connectivity index (χ3v) is 8.91. The van der Waals surface area contributed by atoms with Crippen LogP contribution in [0.4, 0.5) is 18.9 Å². The molecule has 198 valence electrons. The topological polar surface area (TPSA) is 88.6 Å². The smallest absolute Gasteiger partial charge is 0.294 e. The third-order valence-electron chi connectivity index (χ3n) is 6.33. The van der Waals surface area contributed by atoms with E-state index in [0.717, 1.165) is 29.2 Å². The van der Waals surface area contributed by atoms with Crippen LogP contribution < -0.4 is 4.90 Å². The fourth-order valence-electron chi connectivity index (χ4n) is 3.94. The zero-order valence-electron chi connectivity index (χ0n) is 20.8. The Labute approximate surface area is 218 Å². The monoisotopic (exact) mass is 543 g/mol. The molecule has 0 atom stereocenters. The average Bonchev–Trinajstić information content (AvgIpc) is 3.07. The lowest BCUT2D eigenvalue weighted by molar-refractivity contribution is -0.137. The van der Waals surface area contributed by atoms with E-state index in [-0.39, 0.29) is 34.8 Å². The minimum Gasteiger partial charge on any atom is -0.294 e. The number of Topliss-reactive ketones (excluding diaryl/α,β-unsaturated/α-hetero) is 1. The van der Waals surface area contributed by atoms with Gasteiger partial charge in [0, 0.05) is 12.0 Å². The fraction of sp³-hybridized carbons (Fsp3) is 0.250. The number of carbonyl (C=O) groups is 3. The first-order valence-electron chi connectivity index (χ1n) is 11.6. The summed E-state index contributed by atoms with van der Waals surface area (Å²) in [7, 11) is -3.38. The molecule has 38 heavy (non-hydrogen) atoms. The standard InChI is InChI=1S/C28H24F3NO5S/c1-27(2,3)38(36,37)16-17-4-7-19(8-5-17)24(33)15-18-6-13-22-23(14-18)26(35)32(25(22)34)21-11-9-20(10-12-21)28(29,30)31/h4-14H,15-16H2,1-3H3. The van der Waals surface area contributed by atoms with Crippen LogP contribution in [0.5, 0.6) is 0 Å². The number of alkyl halides is 3. The predicted molar refractivity (Wildman–Crippen MR) is 136 cm³/mol. The van der Waals surface area contributed by atoms with Crippen molar-refractivity contribution < 1.29 is 36.0 Å². The second-order valence-corrected chi connectivity index (χ2v) is 12.8. The van der Waals surface area contributed by atoms with Crippen LogP contribution in [-0.2, 0) is 28.2 Å². The number of fused-ring (bicyclic) bond motifs is 1. The molecule has 2 amide bonds. The molecule has 0 spiro atoms. The van der Waals surface area contributed by atoms with Crippen molar-refractivity contribution in [3.8, 4) is 0 Å². The van der Waals surface area contributed by atoms with Crippen molar-refractivity contribution in [2.75, 3.05) is 4.90 Å². The summed E-state index contributed by atoms with van der Waals surface area (Å²) in [5.41, 5.74) is 0.651. The number of hydrogen-bond donors (Lipinski definition) is 0. The summed E-state index contributed by atoms with van der Waals surface area (Å²) < 4.78 is 62.5. The molecule has 0 N–H and O–H groups in total. The highest BCUT2D eigenvalue weighted by Gasteiger charge is 2.38. The van der Waals surface area contributed by atoms with Crippen molar-refractivity contribution in [2.24, 2.45) is 0 Å². The molecule has 0 saturated carbocycles. The number of nitrogens with zero attached hydrogens (tertiary/aromatic N) is 1. The number of ketones is 1. The van der Waals surface area contributed by atoms with E-state index in [2.05, 4.69) is 0 Å². The molecule has 0 bridgehead atoms. The summed E-state index contributed by atoms with van der Waals surface area (Å²) in [6, 6.07) is 14.4. The number of carbonyl (C=O) groups excluding carboxylic acids is 3. The predicted octanol–water partition coefficient (Wildman–Crippen LogP) is 5.64. The fourth-order valence-corrected chi connectivity index (χ4v) is 5.01. The second kappa shape index (κ2) is 9.50. The van der Waals surface area contributed by atoms with Crippen molar-refractivity contribution in [3.63, 3.8) is 0 Å². The van der Waals surface area contributed by atoms with Crippen molar-refractivity contribution in [3.05, 3.63) is 100 Å². The summed E-state index contributed by atoms with van der Waals surface area (Å²) in [6.45, 7) is 4.87. The maximum atomic E-state index is 13.0. The molecular formula is C28H24F3NO5S. The van der Waals surface area contributed by atoms with Gasteiger partial charge in [-0.15, -0.1) is 0 Å². The summed E-state index contributed by atoms with van der Waals surface area (Å²) in [6.07, 6.45) is -4.62. The van der Waals surface area contributed by atoms with Gasteiger partial charge in [-0.05, 0) is 68.3 Å². The number of benzene rings is 3. The first-order chi connectivity index (χ1) is 17.6. The number of anilines is 1. The lowest BCUT2D eigenvalue weighted by atomic mass is 9.99. The van der Waals surface area contributed by atoms with Gasteiger partial charge in [0.1, 0.15) is 0 Å².